The number of nitrogens with two attached hydrogens (primary N) is 1. The molecule has 0 spiro atoms. The first-order valence-electron chi connectivity index (χ1n) is 5.34. The van der Waals surface area contributed by atoms with Crippen LogP contribution in [0.4, 0.5) is 0 Å². The van der Waals surface area contributed by atoms with Crippen LogP contribution in [0.5, 0.6) is 0 Å². The van der Waals surface area contributed by atoms with Crippen LogP contribution >= 0.6 is 0 Å². The minimum atomic E-state index is -0.717. The Kier molecular flexibility index (Phi) is 7.42. The van der Waals surface area contributed by atoms with Crippen LogP contribution in [0.2, 0.25) is 0 Å². The second-order valence-corrected chi connectivity index (χ2v) is 3.36. The van der Waals surface area contributed by atoms with Gasteiger partial charge in [0, 0.05) is 0 Å². The van der Waals surface area contributed by atoms with Gasteiger partial charge < -0.3 is 10.8 Å². The van der Waals surface area contributed by atoms with Crippen molar-refractivity contribution in [2.75, 3.05) is 19.6 Å². The largest absolute Gasteiger partial charge is 0.480 e. The number of likely N-dealkylation sites (N-methyl/N-ethyl adjacent to an activating group) is 1. The average Bonchev–Trinajstić information content (AvgIpc) is 2.17. The highest BCUT2D eigenvalue weighted by Gasteiger charge is 2.22. The van der Waals surface area contributed by atoms with E-state index in [9.17, 15) is 4.79 Å². The zero-order valence-corrected chi connectivity index (χ0v) is 9.20. The second-order valence-electron chi connectivity index (χ2n) is 3.36. The van der Waals surface area contributed by atoms with Crippen molar-refractivity contribution in [1.82, 2.24) is 4.90 Å². The van der Waals surface area contributed by atoms with E-state index in [0.717, 1.165) is 25.9 Å². The summed E-state index contributed by atoms with van der Waals surface area (Å²) >= 11 is 0. The number of aliphatic carboxylic acids is 1. The van der Waals surface area contributed by atoms with Gasteiger partial charge in [0.2, 0.25) is 0 Å². The highest BCUT2D eigenvalue weighted by molar-refractivity contribution is 5.73. The zero-order chi connectivity index (χ0) is 11.0. The molecule has 84 valence electrons. The molecule has 0 radical (unpaired) electrons. The number of carbonyl (C=O) groups is 1. The molecule has 0 heterocycles. The lowest BCUT2D eigenvalue weighted by Gasteiger charge is -2.25. The fourth-order valence-corrected chi connectivity index (χ4v) is 1.61. The Labute approximate surface area is 86.1 Å². The maximum Gasteiger partial charge on any atom is 0.320 e. The van der Waals surface area contributed by atoms with E-state index in [0.29, 0.717) is 13.0 Å². The number of hydrogen-bond acceptors (Lipinski definition) is 3. The molecule has 4 heteroatoms. The zero-order valence-electron chi connectivity index (χ0n) is 9.20. The van der Waals surface area contributed by atoms with E-state index >= 15 is 0 Å². The van der Waals surface area contributed by atoms with Crippen LogP contribution in [0.1, 0.15) is 33.1 Å². The lowest BCUT2D eigenvalue weighted by molar-refractivity contribution is -0.143. The summed E-state index contributed by atoms with van der Waals surface area (Å²) in [5.41, 5.74) is 5.37. The molecule has 3 N–H and O–H groups in total. The molecule has 0 aliphatic rings. The van der Waals surface area contributed by atoms with Gasteiger partial charge in [0.1, 0.15) is 6.04 Å². The Morgan fingerprint density at radius 1 is 1.36 bits per heavy atom. The van der Waals surface area contributed by atoms with Gasteiger partial charge in [-0.25, -0.2) is 0 Å². The van der Waals surface area contributed by atoms with Crippen molar-refractivity contribution in [2.45, 2.75) is 39.2 Å². The molecule has 0 fully saturated rings. The summed E-state index contributed by atoms with van der Waals surface area (Å²) in [6, 6.07) is -0.337. The molecule has 0 unspecified atom stereocenters. The predicted octanol–water partition coefficient (Wildman–Crippen LogP) is 0.910. The molecule has 14 heavy (non-hydrogen) atoms. The highest BCUT2D eigenvalue weighted by Crippen LogP contribution is 2.08. The molecular weight excluding hydrogens is 180 g/mol. The van der Waals surface area contributed by atoms with Crippen molar-refractivity contribution in [1.29, 1.82) is 0 Å². The normalized spacial score (nSPS) is 13.1. The molecule has 0 aliphatic heterocycles. The first-order valence-corrected chi connectivity index (χ1v) is 5.34. The molecule has 0 saturated carbocycles. The standard InChI is InChI=1S/C10H22N2O2/c1-3-12(4-2)9(10(13)14)7-5-6-8-11/h9H,3-8,11H2,1-2H3,(H,13,14)/t9-/m0/s1. The topological polar surface area (TPSA) is 66.6 Å². The Hall–Kier alpha value is -0.610. The van der Waals surface area contributed by atoms with E-state index in [1.807, 2.05) is 18.7 Å². The van der Waals surface area contributed by atoms with Gasteiger partial charge in [-0.15, -0.1) is 0 Å². The van der Waals surface area contributed by atoms with Gasteiger partial charge in [-0.2, -0.15) is 0 Å². The van der Waals surface area contributed by atoms with Crippen LogP contribution in [-0.2, 0) is 4.79 Å². The van der Waals surface area contributed by atoms with E-state index in [1.165, 1.54) is 0 Å². The third kappa shape index (κ3) is 4.58. The summed E-state index contributed by atoms with van der Waals surface area (Å²) in [4.78, 5) is 13.0. The van der Waals surface area contributed by atoms with Gasteiger partial charge in [-0.3, -0.25) is 9.69 Å². The highest BCUT2D eigenvalue weighted by atomic mass is 16.4. The molecule has 0 bridgehead atoms. The number of carboxylic acids is 1. The van der Waals surface area contributed by atoms with Crippen molar-refractivity contribution < 1.29 is 9.90 Å². The smallest absolute Gasteiger partial charge is 0.320 e. The third-order valence-electron chi connectivity index (χ3n) is 2.47. The summed E-state index contributed by atoms with van der Waals surface area (Å²) in [6.45, 7) is 6.20. The van der Waals surface area contributed by atoms with Crippen LogP contribution in [0.3, 0.4) is 0 Å². The molecule has 4 nitrogen and oxygen atoms in total. The molecular formula is C10H22N2O2. The van der Waals surface area contributed by atoms with E-state index in [4.69, 9.17) is 10.8 Å². The summed E-state index contributed by atoms with van der Waals surface area (Å²) in [5.74, 6) is -0.717. The molecule has 0 aromatic rings. The first-order chi connectivity index (χ1) is 6.67. The van der Waals surface area contributed by atoms with Crippen molar-refractivity contribution in [3.63, 3.8) is 0 Å². The molecule has 0 aliphatic carbocycles. The minimum absolute atomic E-state index is 0.337. The number of carboxylic acid groups (broad SMARTS) is 1. The maximum atomic E-state index is 11.0. The predicted molar refractivity (Wildman–Crippen MR) is 57.3 cm³/mol. The third-order valence-corrected chi connectivity index (χ3v) is 2.47. The Balaban J connectivity index is 4.06. The van der Waals surface area contributed by atoms with Crippen LogP contribution in [-0.4, -0.2) is 41.7 Å². The quantitative estimate of drug-likeness (QED) is 0.574. The van der Waals surface area contributed by atoms with Crippen LogP contribution in [0.25, 0.3) is 0 Å². The summed E-state index contributed by atoms with van der Waals surface area (Å²) in [6.07, 6.45) is 2.50. The minimum Gasteiger partial charge on any atom is -0.480 e. The van der Waals surface area contributed by atoms with E-state index < -0.39 is 5.97 Å². The van der Waals surface area contributed by atoms with Crippen LogP contribution in [0, 0.1) is 0 Å². The van der Waals surface area contributed by atoms with Gasteiger partial charge >= 0.3 is 5.97 Å². The molecule has 0 aromatic carbocycles. The first kappa shape index (κ1) is 13.4. The monoisotopic (exact) mass is 202 g/mol. The van der Waals surface area contributed by atoms with Gasteiger partial charge in [0.05, 0.1) is 0 Å². The van der Waals surface area contributed by atoms with E-state index in [-0.39, 0.29) is 6.04 Å². The molecule has 1 atom stereocenters. The number of unbranched alkanes of at least 4 members (excludes halogenated alkanes) is 1. The summed E-state index contributed by atoms with van der Waals surface area (Å²) in [7, 11) is 0. The molecule has 0 rings (SSSR count). The van der Waals surface area contributed by atoms with Gasteiger partial charge in [-0.05, 0) is 32.5 Å². The van der Waals surface area contributed by atoms with Crippen LogP contribution in [0.15, 0.2) is 0 Å². The SMILES string of the molecule is CCN(CC)[C@@H](CCCCN)C(=O)O. The van der Waals surface area contributed by atoms with Gasteiger partial charge in [0.15, 0.2) is 0 Å². The Morgan fingerprint density at radius 2 is 1.93 bits per heavy atom. The molecule has 0 amide bonds. The Morgan fingerprint density at radius 3 is 2.29 bits per heavy atom. The molecule has 0 saturated heterocycles. The Bertz CT molecular complexity index is 158. The van der Waals surface area contributed by atoms with Crippen molar-refractivity contribution >= 4 is 5.97 Å². The van der Waals surface area contributed by atoms with Crippen molar-refractivity contribution in [3.8, 4) is 0 Å². The average molecular weight is 202 g/mol. The molecule has 0 aromatic heterocycles. The lowest BCUT2D eigenvalue weighted by atomic mass is 10.1. The second kappa shape index (κ2) is 7.76. The van der Waals surface area contributed by atoms with Crippen molar-refractivity contribution in [3.05, 3.63) is 0 Å². The number of nitrogens with zero attached hydrogens (tertiary/aromatic N) is 1. The van der Waals surface area contributed by atoms with E-state index in [1.54, 1.807) is 0 Å². The van der Waals surface area contributed by atoms with Crippen LogP contribution < -0.4 is 5.73 Å². The van der Waals surface area contributed by atoms with E-state index in [2.05, 4.69) is 0 Å². The maximum absolute atomic E-state index is 11.0. The lowest BCUT2D eigenvalue weighted by Crippen LogP contribution is -2.41. The number of rotatable bonds is 8. The van der Waals surface area contributed by atoms with Gasteiger partial charge in [-0.1, -0.05) is 20.3 Å². The summed E-state index contributed by atoms with van der Waals surface area (Å²) < 4.78 is 0. The number of hydrogen-bond donors (Lipinski definition) is 2. The fourth-order valence-electron chi connectivity index (χ4n) is 1.61. The summed E-state index contributed by atoms with van der Waals surface area (Å²) in [5, 5.41) is 9.03. The van der Waals surface area contributed by atoms with Gasteiger partial charge in [0.25, 0.3) is 0 Å². The fraction of sp³-hybridized carbons (Fsp3) is 0.900. The van der Waals surface area contributed by atoms with Crippen molar-refractivity contribution in [2.24, 2.45) is 5.73 Å².